The first-order valence-corrected chi connectivity index (χ1v) is 5.80. The molecule has 1 saturated heterocycles. The second-order valence-corrected chi connectivity index (χ2v) is 4.29. The van der Waals surface area contributed by atoms with E-state index in [-0.39, 0.29) is 25.3 Å². The Bertz CT molecular complexity index is 466. The van der Waals surface area contributed by atoms with Gasteiger partial charge in [0, 0.05) is 13.1 Å². The Hall–Kier alpha value is -1.64. The molecule has 1 aliphatic rings. The Balaban J connectivity index is 2.32. The fourth-order valence-electron chi connectivity index (χ4n) is 1.99. The standard InChI is InChI=1S/C10H13F3N4O2/c1-2-15-7(18)6-16-8(19-17-6)9(10(11,12)13)3-4-14-5-9/h14H,2-5H2,1H3,(H,15,18). The fraction of sp³-hybridized carbons (Fsp3) is 0.700. The zero-order valence-corrected chi connectivity index (χ0v) is 10.2. The molecule has 0 spiro atoms. The van der Waals surface area contributed by atoms with Gasteiger partial charge in [-0.1, -0.05) is 5.16 Å². The average Bonchev–Trinajstić information content (AvgIpc) is 2.98. The number of amides is 1. The van der Waals surface area contributed by atoms with Crippen LogP contribution in [0.1, 0.15) is 29.9 Å². The summed E-state index contributed by atoms with van der Waals surface area (Å²) in [4.78, 5) is 15.0. The van der Waals surface area contributed by atoms with Gasteiger partial charge in [-0.3, -0.25) is 4.79 Å². The molecule has 1 aromatic rings. The lowest BCUT2D eigenvalue weighted by Crippen LogP contribution is -2.44. The van der Waals surface area contributed by atoms with Crippen LogP contribution in [0.15, 0.2) is 4.52 Å². The summed E-state index contributed by atoms with van der Waals surface area (Å²) < 4.78 is 44.2. The Labute approximate surface area is 106 Å². The lowest BCUT2D eigenvalue weighted by Gasteiger charge is -2.26. The summed E-state index contributed by atoms with van der Waals surface area (Å²) in [7, 11) is 0. The van der Waals surface area contributed by atoms with Crippen molar-refractivity contribution in [1.29, 1.82) is 0 Å². The predicted octanol–water partition coefficient (Wildman–Crippen LogP) is 0.613. The highest BCUT2D eigenvalue weighted by molar-refractivity contribution is 5.90. The normalized spacial score (nSPS) is 23.6. The van der Waals surface area contributed by atoms with Crippen LogP contribution in [0, 0.1) is 0 Å². The molecule has 19 heavy (non-hydrogen) atoms. The molecule has 6 nitrogen and oxygen atoms in total. The van der Waals surface area contributed by atoms with Gasteiger partial charge in [-0.15, -0.1) is 0 Å². The molecule has 2 rings (SSSR count). The average molecular weight is 278 g/mol. The van der Waals surface area contributed by atoms with Crippen molar-refractivity contribution in [3.63, 3.8) is 0 Å². The summed E-state index contributed by atoms with van der Waals surface area (Å²) in [5.41, 5.74) is -2.20. The first kappa shape index (κ1) is 13.8. The van der Waals surface area contributed by atoms with Crippen LogP contribution in [0.3, 0.4) is 0 Å². The van der Waals surface area contributed by atoms with Gasteiger partial charge in [0.2, 0.25) is 5.89 Å². The molecule has 1 atom stereocenters. The van der Waals surface area contributed by atoms with Crippen LogP contribution in [0.2, 0.25) is 0 Å². The topological polar surface area (TPSA) is 80.0 Å². The van der Waals surface area contributed by atoms with Gasteiger partial charge in [0.05, 0.1) is 0 Å². The van der Waals surface area contributed by atoms with E-state index in [2.05, 4.69) is 25.3 Å². The molecule has 0 bridgehead atoms. The minimum Gasteiger partial charge on any atom is -0.349 e. The Morgan fingerprint density at radius 1 is 1.58 bits per heavy atom. The van der Waals surface area contributed by atoms with Gasteiger partial charge in [-0.05, 0) is 19.9 Å². The van der Waals surface area contributed by atoms with Gasteiger partial charge < -0.3 is 15.2 Å². The maximum atomic E-state index is 13.2. The molecule has 0 aromatic carbocycles. The van der Waals surface area contributed by atoms with Crippen molar-refractivity contribution < 1.29 is 22.5 Å². The van der Waals surface area contributed by atoms with Gasteiger partial charge in [0.15, 0.2) is 5.41 Å². The Kier molecular flexibility index (Phi) is 3.48. The van der Waals surface area contributed by atoms with Crippen LogP contribution in [0.25, 0.3) is 0 Å². The van der Waals surface area contributed by atoms with Crippen molar-refractivity contribution in [2.45, 2.75) is 24.9 Å². The Morgan fingerprint density at radius 3 is 2.84 bits per heavy atom. The Morgan fingerprint density at radius 2 is 2.32 bits per heavy atom. The van der Waals surface area contributed by atoms with E-state index in [0.29, 0.717) is 6.54 Å². The van der Waals surface area contributed by atoms with E-state index >= 15 is 0 Å². The van der Waals surface area contributed by atoms with Crippen LogP contribution in [0.4, 0.5) is 13.2 Å². The first-order valence-electron chi connectivity index (χ1n) is 5.80. The highest BCUT2D eigenvalue weighted by Crippen LogP contribution is 2.44. The number of nitrogens with one attached hydrogen (secondary N) is 2. The fourth-order valence-corrected chi connectivity index (χ4v) is 1.99. The minimum atomic E-state index is -4.51. The molecule has 0 aliphatic carbocycles. The molecular formula is C10H13F3N4O2. The van der Waals surface area contributed by atoms with Crippen molar-refractivity contribution in [3.05, 3.63) is 11.7 Å². The van der Waals surface area contributed by atoms with Gasteiger partial charge in [-0.2, -0.15) is 18.2 Å². The SMILES string of the molecule is CCNC(=O)c1noc(C2(C(F)(F)F)CCNC2)n1. The number of nitrogens with zero attached hydrogens (tertiary/aromatic N) is 2. The summed E-state index contributed by atoms with van der Waals surface area (Å²) in [5.74, 6) is -1.60. The maximum absolute atomic E-state index is 13.2. The van der Waals surface area contributed by atoms with Crippen molar-refractivity contribution >= 4 is 5.91 Å². The summed E-state index contributed by atoms with van der Waals surface area (Å²) in [6, 6.07) is 0. The number of aromatic nitrogens is 2. The number of hydrogen-bond acceptors (Lipinski definition) is 5. The highest BCUT2D eigenvalue weighted by atomic mass is 19.4. The molecule has 0 radical (unpaired) electrons. The summed E-state index contributed by atoms with van der Waals surface area (Å²) >= 11 is 0. The minimum absolute atomic E-state index is 0.187. The molecule has 9 heteroatoms. The second kappa shape index (κ2) is 4.80. The van der Waals surface area contributed by atoms with E-state index in [1.807, 2.05) is 0 Å². The summed E-state index contributed by atoms with van der Waals surface area (Å²) in [6.45, 7) is 1.89. The van der Waals surface area contributed by atoms with Crippen LogP contribution < -0.4 is 10.6 Å². The first-order chi connectivity index (χ1) is 8.90. The summed E-state index contributed by atoms with van der Waals surface area (Å²) in [6.07, 6.45) is -4.70. The predicted molar refractivity (Wildman–Crippen MR) is 57.5 cm³/mol. The zero-order valence-electron chi connectivity index (χ0n) is 10.2. The quantitative estimate of drug-likeness (QED) is 0.847. The number of carbonyl (C=O) groups is 1. The highest BCUT2D eigenvalue weighted by Gasteiger charge is 2.61. The molecule has 2 heterocycles. The number of carbonyl (C=O) groups excluding carboxylic acids is 1. The van der Waals surface area contributed by atoms with Gasteiger partial charge in [-0.25, -0.2) is 0 Å². The van der Waals surface area contributed by atoms with Gasteiger partial charge in [0.1, 0.15) is 0 Å². The third-order valence-corrected chi connectivity index (χ3v) is 3.07. The molecular weight excluding hydrogens is 265 g/mol. The lowest BCUT2D eigenvalue weighted by molar-refractivity contribution is -0.191. The molecule has 1 fully saturated rings. The van der Waals surface area contributed by atoms with Crippen LogP contribution in [0.5, 0.6) is 0 Å². The van der Waals surface area contributed by atoms with E-state index < -0.39 is 23.4 Å². The van der Waals surface area contributed by atoms with Crippen LogP contribution in [-0.4, -0.2) is 41.9 Å². The third kappa shape index (κ3) is 2.29. The number of halogens is 3. The largest absolute Gasteiger partial charge is 0.404 e. The van der Waals surface area contributed by atoms with E-state index in [9.17, 15) is 18.0 Å². The van der Waals surface area contributed by atoms with Crippen LogP contribution in [-0.2, 0) is 5.41 Å². The monoisotopic (exact) mass is 278 g/mol. The van der Waals surface area contributed by atoms with Crippen molar-refractivity contribution in [3.8, 4) is 0 Å². The second-order valence-electron chi connectivity index (χ2n) is 4.29. The lowest BCUT2D eigenvalue weighted by atomic mass is 9.86. The van der Waals surface area contributed by atoms with Gasteiger partial charge in [0.25, 0.3) is 11.7 Å². The molecule has 106 valence electrons. The molecule has 1 aromatic heterocycles. The van der Waals surface area contributed by atoms with Crippen molar-refractivity contribution in [2.75, 3.05) is 19.6 Å². The molecule has 1 amide bonds. The molecule has 2 N–H and O–H groups in total. The van der Waals surface area contributed by atoms with Gasteiger partial charge >= 0.3 is 6.18 Å². The number of hydrogen-bond donors (Lipinski definition) is 2. The van der Waals surface area contributed by atoms with Crippen LogP contribution >= 0.6 is 0 Å². The van der Waals surface area contributed by atoms with E-state index in [1.54, 1.807) is 6.92 Å². The number of rotatable bonds is 3. The van der Waals surface area contributed by atoms with E-state index in [1.165, 1.54) is 0 Å². The maximum Gasteiger partial charge on any atom is 0.404 e. The number of alkyl halides is 3. The zero-order chi connectivity index (χ0) is 14.1. The smallest absolute Gasteiger partial charge is 0.349 e. The van der Waals surface area contributed by atoms with E-state index in [4.69, 9.17) is 0 Å². The van der Waals surface area contributed by atoms with Crippen molar-refractivity contribution in [1.82, 2.24) is 20.8 Å². The van der Waals surface area contributed by atoms with Crippen molar-refractivity contribution in [2.24, 2.45) is 0 Å². The molecule has 1 unspecified atom stereocenters. The third-order valence-electron chi connectivity index (χ3n) is 3.07. The molecule has 1 aliphatic heterocycles. The van der Waals surface area contributed by atoms with E-state index in [0.717, 1.165) is 0 Å². The molecule has 0 saturated carbocycles. The summed E-state index contributed by atoms with van der Waals surface area (Å²) in [5, 5.41) is 8.34.